The molecular formula is C16H19ClN4O2. The van der Waals surface area contributed by atoms with E-state index in [1.165, 1.54) is 19.5 Å². The van der Waals surface area contributed by atoms with Crippen molar-refractivity contribution in [2.45, 2.75) is 20.3 Å². The van der Waals surface area contributed by atoms with Gasteiger partial charge < -0.3 is 15.4 Å². The normalized spacial score (nSPS) is 10.3. The largest absolute Gasteiger partial charge is 0.495 e. The second-order valence-electron chi connectivity index (χ2n) is 4.98. The molecule has 1 aromatic heterocycles. The number of aryl methyl sites for hydroxylation is 1. The van der Waals surface area contributed by atoms with E-state index >= 15 is 0 Å². The zero-order chi connectivity index (χ0) is 16.8. The highest BCUT2D eigenvalue weighted by Gasteiger charge is 2.12. The van der Waals surface area contributed by atoms with E-state index in [0.29, 0.717) is 28.0 Å². The number of rotatable bonds is 6. The highest BCUT2D eigenvalue weighted by molar-refractivity contribution is 6.31. The summed E-state index contributed by atoms with van der Waals surface area (Å²) in [4.78, 5) is 20.5. The van der Waals surface area contributed by atoms with Gasteiger partial charge in [0.2, 0.25) is 5.95 Å². The smallest absolute Gasteiger partial charge is 0.258 e. The number of amides is 1. The molecule has 2 rings (SSSR count). The number of hydrogen-bond donors (Lipinski definition) is 2. The average molecular weight is 335 g/mol. The third-order valence-electron chi connectivity index (χ3n) is 3.18. The molecule has 0 spiro atoms. The van der Waals surface area contributed by atoms with Crippen LogP contribution in [0.25, 0.3) is 0 Å². The molecule has 0 unspecified atom stereocenters. The molecular weight excluding hydrogens is 316 g/mol. The van der Waals surface area contributed by atoms with Crippen molar-refractivity contribution in [2.75, 3.05) is 24.3 Å². The van der Waals surface area contributed by atoms with Crippen molar-refractivity contribution >= 4 is 29.1 Å². The maximum atomic E-state index is 12.3. The molecule has 0 aliphatic heterocycles. The Bertz CT molecular complexity index is 689. The van der Waals surface area contributed by atoms with Crippen molar-refractivity contribution < 1.29 is 9.53 Å². The first-order chi connectivity index (χ1) is 11.0. The van der Waals surface area contributed by atoms with E-state index in [1.807, 2.05) is 6.92 Å². The third-order valence-corrected chi connectivity index (χ3v) is 3.58. The fourth-order valence-corrected chi connectivity index (χ4v) is 2.05. The van der Waals surface area contributed by atoms with Crippen LogP contribution in [0.2, 0.25) is 5.02 Å². The number of anilines is 2. The van der Waals surface area contributed by atoms with E-state index < -0.39 is 0 Å². The van der Waals surface area contributed by atoms with Gasteiger partial charge in [0.05, 0.1) is 18.4 Å². The van der Waals surface area contributed by atoms with Crippen LogP contribution >= 0.6 is 11.6 Å². The number of nitrogens with one attached hydrogen (secondary N) is 2. The second kappa shape index (κ2) is 7.78. The van der Waals surface area contributed by atoms with Crippen LogP contribution in [0.3, 0.4) is 0 Å². The zero-order valence-corrected chi connectivity index (χ0v) is 14.1. The highest BCUT2D eigenvalue weighted by atomic mass is 35.5. The summed E-state index contributed by atoms with van der Waals surface area (Å²) in [6.45, 7) is 4.69. The Balaban J connectivity index is 2.14. The standard InChI is InChI=1S/C16H19ClN4O2/c1-4-5-18-16-19-8-11(9-20-16)15(22)21-13-6-10(2)12(17)7-14(13)23-3/h6-9H,4-5H2,1-3H3,(H,21,22)(H,18,19,20). The van der Waals surface area contributed by atoms with Gasteiger partial charge in [-0.1, -0.05) is 18.5 Å². The lowest BCUT2D eigenvalue weighted by Crippen LogP contribution is -2.14. The van der Waals surface area contributed by atoms with Gasteiger partial charge in [0.25, 0.3) is 5.91 Å². The summed E-state index contributed by atoms with van der Waals surface area (Å²) in [5.74, 6) is 0.687. The molecule has 0 aliphatic rings. The van der Waals surface area contributed by atoms with E-state index in [1.54, 1.807) is 12.1 Å². The predicted octanol–water partition coefficient (Wildman–Crippen LogP) is 3.52. The van der Waals surface area contributed by atoms with Crippen molar-refractivity contribution in [1.82, 2.24) is 9.97 Å². The highest BCUT2D eigenvalue weighted by Crippen LogP contribution is 2.31. The van der Waals surface area contributed by atoms with Crippen LogP contribution < -0.4 is 15.4 Å². The van der Waals surface area contributed by atoms with Crippen molar-refractivity contribution in [2.24, 2.45) is 0 Å². The number of ether oxygens (including phenoxy) is 1. The van der Waals surface area contributed by atoms with E-state index in [2.05, 4.69) is 27.5 Å². The van der Waals surface area contributed by atoms with Crippen LogP contribution in [0.5, 0.6) is 5.75 Å². The summed E-state index contributed by atoms with van der Waals surface area (Å²) in [5.41, 5.74) is 1.76. The molecule has 0 atom stereocenters. The Kier molecular flexibility index (Phi) is 5.76. The molecule has 2 aromatic rings. The summed E-state index contributed by atoms with van der Waals surface area (Å²) >= 11 is 6.06. The molecule has 0 fully saturated rings. The lowest BCUT2D eigenvalue weighted by Gasteiger charge is -2.12. The first kappa shape index (κ1) is 17.0. The minimum Gasteiger partial charge on any atom is -0.495 e. The van der Waals surface area contributed by atoms with E-state index in [-0.39, 0.29) is 5.91 Å². The molecule has 0 aliphatic carbocycles. The minimum atomic E-state index is -0.313. The van der Waals surface area contributed by atoms with Crippen molar-refractivity contribution in [1.29, 1.82) is 0 Å². The Labute approximate surface area is 140 Å². The number of hydrogen-bond acceptors (Lipinski definition) is 5. The average Bonchev–Trinajstić information content (AvgIpc) is 2.56. The number of carbonyl (C=O) groups is 1. The second-order valence-corrected chi connectivity index (χ2v) is 5.39. The number of carbonyl (C=O) groups excluding carboxylic acids is 1. The molecule has 7 heteroatoms. The van der Waals surface area contributed by atoms with Crippen LogP contribution in [-0.4, -0.2) is 29.5 Å². The number of methoxy groups -OCH3 is 1. The van der Waals surface area contributed by atoms with Crippen molar-refractivity contribution in [3.8, 4) is 5.75 Å². The topological polar surface area (TPSA) is 76.1 Å². The van der Waals surface area contributed by atoms with Crippen LogP contribution in [0.1, 0.15) is 29.3 Å². The van der Waals surface area contributed by atoms with Crippen LogP contribution in [-0.2, 0) is 0 Å². The number of benzene rings is 1. The molecule has 2 N–H and O–H groups in total. The molecule has 6 nitrogen and oxygen atoms in total. The third kappa shape index (κ3) is 4.32. The Morgan fingerprint density at radius 2 is 2.00 bits per heavy atom. The van der Waals surface area contributed by atoms with E-state index in [9.17, 15) is 4.79 Å². The molecule has 0 saturated heterocycles. The number of aromatic nitrogens is 2. The summed E-state index contributed by atoms with van der Waals surface area (Å²) in [6.07, 6.45) is 3.94. The van der Waals surface area contributed by atoms with Gasteiger partial charge in [-0.05, 0) is 25.0 Å². The lowest BCUT2D eigenvalue weighted by atomic mass is 10.2. The summed E-state index contributed by atoms with van der Waals surface area (Å²) < 4.78 is 5.24. The van der Waals surface area contributed by atoms with Crippen LogP contribution in [0.4, 0.5) is 11.6 Å². The Hall–Kier alpha value is -2.34. The van der Waals surface area contributed by atoms with Gasteiger partial charge in [0, 0.05) is 30.0 Å². The van der Waals surface area contributed by atoms with Gasteiger partial charge in [-0.25, -0.2) is 9.97 Å². The fraction of sp³-hybridized carbons (Fsp3) is 0.312. The molecule has 0 saturated carbocycles. The molecule has 1 aromatic carbocycles. The maximum Gasteiger partial charge on any atom is 0.258 e. The van der Waals surface area contributed by atoms with Gasteiger partial charge >= 0.3 is 0 Å². The minimum absolute atomic E-state index is 0.313. The first-order valence-corrected chi connectivity index (χ1v) is 7.64. The van der Waals surface area contributed by atoms with Gasteiger partial charge in [0.1, 0.15) is 5.75 Å². The van der Waals surface area contributed by atoms with Crippen molar-refractivity contribution in [3.05, 3.63) is 40.7 Å². The molecule has 23 heavy (non-hydrogen) atoms. The molecule has 0 bridgehead atoms. The van der Waals surface area contributed by atoms with E-state index in [0.717, 1.165) is 18.5 Å². The van der Waals surface area contributed by atoms with Crippen LogP contribution in [0, 0.1) is 6.92 Å². The molecule has 0 radical (unpaired) electrons. The summed E-state index contributed by atoms with van der Waals surface area (Å²) in [6, 6.07) is 3.43. The SMILES string of the molecule is CCCNc1ncc(C(=O)Nc2cc(C)c(Cl)cc2OC)cn1. The predicted molar refractivity (Wildman–Crippen MR) is 91.5 cm³/mol. The van der Waals surface area contributed by atoms with Gasteiger partial charge in [0.15, 0.2) is 0 Å². The van der Waals surface area contributed by atoms with Gasteiger partial charge in [-0.2, -0.15) is 0 Å². The molecule has 1 amide bonds. The van der Waals surface area contributed by atoms with Gasteiger partial charge in [-0.3, -0.25) is 4.79 Å². The van der Waals surface area contributed by atoms with E-state index in [4.69, 9.17) is 16.3 Å². The lowest BCUT2D eigenvalue weighted by molar-refractivity contribution is 0.102. The monoisotopic (exact) mass is 334 g/mol. The maximum absolute atomic E-state index is 12.3. The zero-order valence-electron chi connectivity index (χ0n) is 13.3. The number of halogens is 1. The van der Waals surface area contributed by atoms with Crippen molar-refractivity contribution in [3.63, 3.8) is 0 Å². The van der Waals surface area contributed by atoms with Gasteiger partial charge in [-0.15, -0.1) is 0 Å². The Morgan fingerprint density at radius 1 is 1.30 bits per heavy atom. The fourth-order valence-electron chi connectivity index (χ4n) is 1.90. The quantitative estimate of drug-likeness (QED) is 0.845. The van der Waals surface area contributed by atoms with Crippen LogP contribution in [0.15, 0.2) is 24.5 Å². The first-order valence-electron chi connectivity index (χ1n) is 7.26. The summed E-state index contributed by atoms with van der Waals surface area (Å²) in [7, 11) is 1.52. The molecule has 122 valence electrons. The summed E-state index contributed by atoms with van der Waals surface area (Å²) in [5, 5.41) is 6.42. The number of nitrogens with zero attached hydrogens (tertiary/aromatic N) is 2. The Morgan fingerprint density at radius 3 is 2.61 bits per heavy atom. The molecule has 1 heterocycles.